The molecule has 3 unspecified atom stereocenters. The summed E-state index contributed by atoms with van der Waals surface area (Å²) in [7, 11) is 0. The Labute approximate surface area is 175 Å². The highest BCUT2D eigenvalue weighted by Crippen LogP contribution is 2.36. The molecule has 0 bridgehead atoms. The number of hydrogen-bond acceptors (Lipinski definition) is 4. The highest BCUT2D eigenvalue weighted by Gasteiger charge is 2.24. The summed E-state index contributed by atoms with van der Waals surface area (Å²) in [5.74, 6) is 6.01. The molecule has 0 fully saturated rings. The van der Waals surface area contributed by atoms with Gasteiger partial charge >= 0.3 is 0 Å². The highest BCUT2D eigenvalue weighted by molar-refractivity contribution is 5.03. The van der Waals surface area contributed by atoms with E-state index < -0.39 is 0 Å². The molecule has 166 valence electrons. The molecule has 0 amide bonds. The Hall–Kier alpha value is -1.00. The van der Waals surface area contributed by atoms with E-state index in [9.17, 15) is 4.91 Å². The fourth-order valence-corrected chi connectivity index (χ4v) is 3.68. The smallest absolute Gasteiger partial charge is 0.0876 e. The van der Waals surface area contributed by atoms with E-state index in [2.05, 4.69) is 76.2 Å². The first-order valence-electron chi connectivity index (χ1n) is 11.1. The van der Waals surface area contributed by atoms with Crippen LogP contribution in [0.2, 0.25) is 0 Å². The lowest BCUT2D eigenvalue weighted by Gasteiger charge is -2.31. The predicted molar refractivity (Wildman–Crippen MR) is 124 cm³/mol. The molecule has 4 heteroatoms. The molecule has 0 aromatic carbocycles. The van der Waals surface area contributed by atoms with Crippen LogP contribution < -0.4 is 5.90 Å². The third-order valence-corrected chi connectivity index (χ3v) is 5.95. The number of nitrogens with zero attached hydrogens (tertiary/aromatic N) is 1. The van der Waals surface area contributed by atoms with Gasteiger partial charge in [0.1, 0.15) is 0 Å². The first-order chi connectivity index (χ1) is 13.2. The van der Waals surface area contributed by atoms with Crippen molar-refractivity contribution in [3.63, 3.8) is 0 Å². The van der Waals surface area contributed by atoms with E-state index in [4.69, 9.17) is 0 Å². The molecule has 0 aromatic heterocycles. The number of allylic oxidation sites excluding steroid dienone is 2. The van der Waals surface area contributed by atoms with E-state index in [0.717, 1.165) is 19.3 Å². The first-order valence-corrected chi connectivity index (χ1v) is 11.1. The van der Waals surface area contributed by atoms with Crippen molar-refractivity contribution in [2.75, 3.05) is 13.2 Å². The normalized spacial score (nSPS) is 14.9. The number of nitroso groups, excluding NO2 is 1. The fourth-order valence-electron chi connectivity index (χ4n) is 3.68. The molecule has 4 nitrogen and oxygen atoms in total. The largest absolute Gasteiger partial charge is 0.305 e. The molecule has 0 spiro atoms. The zero-order valence-electron chi connectivity index (χ0n) is 19.8. The lowest BCUT2D eigenvalue weighted by atomic mass is 9.74. The summed E-state index contributed by atoms with van der Waals surface area (Å²) in [6, 6.07) is 0. The van der Waals surface area contributed by atoms with Crippen LogP contribution in [0.3, 0.4) is 0 Å². The van der Waals surface area contributed by atoms with E-state index in [1.165, 1.54) is 31.3 Å². The third kappa shape index (κ3) is 15.0. The summed E-state index contributed by atoms with van der Waals surface area (Å²) in [5.41, 5.74) is 1.66. The molecule has 3 atom stereocenters. The lowest BCUT2D eigenvalue weighted by Crippen LogP contribution is -2.20. The van der Waals surface area contributed by atoms with Crippen molar-refractivity contribution < 1.29 is 4.84 Å². The molecule has 0 rings (SSSR count). The minimum atomic E-state index is 0.250. The molecule has 0 aromatic rings. The summed E-state index contributed by atoms with van der Waals surface area (Å²) in [4.78, 5) is 14.9. The Balaban J connectivity index is 0. The molecular weight excluding hydrogens is 348 g/mol. The summed E-state index contributed by atoms with van der Waals surface area (Å²) >= 11 is 0. The van der Waals surface area contributed by atoms with Gasteiger partial charge in [0.15, 0.2) is 0 Å². The maximum atomic E-state index is 10.9. The molecule has 0 saturated heterocycles. The van der Waals surface area contributed by atoms with Gasteiger partial charge in [-0.25, -0.2) is 5.90 Å². The SMILES string of the molecule is C=C(CC(C)CC(C)(CC)CC)C(CN=O)CC(C)CC/C=C\C.CCON. The van der Waals surface area contributed by atoms with Gasteiger partial charge in [0.05, 0.1) is 13.2 Å². The Bertz CT molecular complexity index is 415. The Morgan fingerprint density at radius 2 is 1.79 bits per heavy atom. The zero-order valence-corrected chi connectivity index (χ0v) is 19.8. The fraction of sp³-hybridized carbons (Fsp3) is 0.833. The average Bonchev–Trinajstić information content (AvgIpc) is 2.67. The van der Waals surface area contributed by atoms with Crippen LogP contribution in [0, 0.1) is 28.1 Å². The number of hydrogen-bond donors (Lipinski definition) is 1. The molecule has 0 heterocycles. The van der Waals surface area contributed by atoms with Crippen molar-refractivity contribution in [2.45, 2.75) is 93.4 Å². The topological polar surface area (TPSA) is 64.7 Å². The molecule has 0 saturated carbocycles. The van der Waals surface area contributed by atoms with Crippen molar-refractivity contribution >= 4 is 0 Å². The second-order valence-electron chi connectivity index (χ2n) is 8.64. The molecule has 0 aliphatic heterocycles. The van der Waals surface area contributed by atoms with Crippen LogP contribution in [0.1, 0.15) is 93.4 Å². The van der Waals surface area contributed by atoms with Crippen molar-refractivity contribution in [2.24, 2.45) is 34.2 Å². The number of nitrogens with two attached hydrogens (primary N) is 1. The third-order valence-electron chi connectivity index (χ3n) is 5.95. The Morgan fingerprint density at radius 1 is 1.21 bits per heavy atom. The zero-order chi connectivity index (χ0) is 22.0. The van der Waals surface area contributed by atoms with Crippen molar-refractivity contribution in [3.8, 4) is 0 Å². The van der Waals surface area contributed by atoms with Gasteiger partial charge in [-0.1, -0.05) is 76.9 Å². The minimum absolute atomic E-state index is 0.250. The monoisotopic (exact) mass is 396 g/mol. The maximum Gasteiger partial charge on any atom is 0.0876 e. The standard InChI is InChI=1S/C22H41NO.C2H7NO/c1-8-11-12-13-18(4)15-21(17-23-24)20(6)14-19(5)16-22(7,9-2)10-3;1-2-4-3/h8,11,18-19,21H,6,9-10,12-17H2,1-5,7H3;2-3H2,1H3/b11-8-;. The summed E-state index contributed by atoms with van der Waals surface area (Å²) in [6.07, 6.45) is 12.4. The molecule has 28 heavy (non-hydrogen) atoms. The van der Waals surface area contributed by atoms with Gasteiger partial charge in [0.25, 0.3) is 0 Å². The van der Waals surface area contributed by atoms with Crippen LogP contribution in [-0.4, -0.2) is 13.2 Å². The Kier molecular flexibility index (Phi) is 18.8. The highest BCUT2D eigenvalue weighted by atomic mass is 16.6. The second-order valence-corrected chi connectivity index (χ2v) is 8.64. The molecule has 0 aliphatic rings. The van der Waals surface area contributed by atoms with Gasteiger partial charge in [-0.2, -0.15) is 4.91 Å². The van der Waals surface area contributed by atoms with Crippen molar-refractivity contribution in [1.29, 1.82) is 0 Å². The average molecular weight is 397 g/mol. The van der Waals surface area contributed by atoms with Gasteiger partial charge in [0.2, 0.25) is 0 Å². The van der Waals surface area contributed by atoms with Gasteiger partial charge in [-0.15, -0.1) is 0 Å². The summed E-state index contributed by atoms with van der Waals surface area (Å²) in [5, 5.41) is 3.20. The Morgan fingerprint density at radius 3 is 2.21 bits per heavy atom. The molecule has 0 radical (unpaired) electrons. The van der Waals surface area contributed by atoms with Gasteiger partial charge in [0, 0.05) is 5.92 Å². The predicted octanol–water partition coefficient (Wildman–Crippen LogP) is 7.45. The van der Waals surface area contributed by atoms with Crippen LogP contribution in [0.4, 0.5) is 0 Å². The van der Waals surface area contributed by atoms with Crippen LogP contribution in [0.15, 0.2) is 29.5 Å². The van der Waals surface area contributed by atoms with Gasteiger partial charge < -0.3 is 4.84 Å². The van der Waals surface area contributed by atoms with Gasteiger partial charge in [-0.3, -0.25) is 0 Å². The van der Waals surface area contributed by atoms with Crippen LogP contribution in [0.5, 0.6) is 0 Å². The van der Waals surface area contributed by atoms with E-state index in [1.807, 2.05) is 6.92 Å². The number of rotatable bonds is 15. The van der Waals surface area contributed by atoms with E-state index in [0.29, 0.717) is 30.4 Å². The second kappa shape index (κ2) is 18.1. The van der Waals surface area contributed by atoms with Crippen LogP contribution >= 0.6 is 0 Å². The summed E-state index contributed by atoms with van der Waals surface area (Å²) in [6.45, 7) is 20.8. The minimum Gasteiger partial charge on any atom is -0.305 e. The van der Waals surface area contributed by atoms with Crippen molar-refractivity contribution in [3.05, 3.63) is 29.2 Å². The lowest BCUT2D eigenvalue weighted by molar-refractivity contribution is 0.152. The molecule has 2 N–H and O–H groups in total. The van der Waals surface area contributed by atoms with Crippen LogP contribution in [0.25, 0.3) is 0 Å². The molecule has 0 aliphatic carbocycles. The molecular formula is C24H48N2O2. The van der Waals surface area contributed by atoms with E-state index in [1.54, 1.807) is 0 Å². The summed E-state index contributed by atoms with van der Waals surface area (Å²) < 4.78 is 0. The van der Waals surface area contributed by atoms with Crippen LogP contribution in [-0.2, 0) is 4.84 Å². The first kappa shape index (κ1) is 29.2. The quantitative estimate of drug-likeness (QED) is 0.178. The van der Waals surface area contributed by atoms with E-state index in [-0.39, 0.29) is 5.92 Å². The maximum absolute atomic E-state index is 10.9. The van der Waals surface area contributed by atoms with Gasteiger partial charge in [-0.05, 0) is 63.2 Å². The van der Waals surface area contributed by atoms with Crippen molar-refractivity contribution in [1.82, 2.24) is 0 Å². The van der Waals surface area contributed by atoms with E-state index >= 15 is 0 Å².